The molecule has 0 aliphatic heterocycles. The van der Waals surface area contributed by atoms with Crippen molar-refractivity contribution >= 4 is 45.4 Å². The maximum absolute atomic E-state index is 12.8. The Morgan fingerprint density at radius 1 is 1.21 bits per heavy atom. The van der Waals surface area contributed by atoms with E-state index in [4.69, 9.17) is 9.47 Å². The maximum Gasteiger partial charge on any atom is 0.343 e. The molecule has 0 amide bonds. The summed E-state index contributed by atoms with van der Waals surface area (Å²) in [5, 5.41) is 0.436. The van der Waals surface area contributed by atoms with Crippen LogP contribution in [-0.4, -0.2) is 30.0 Å². The zero-order valence-electron chi connectivity index (χ0n) is 18.7. The number of benzene rings is 1. The molecular formula is C22H34BrNO4S. The van der Waals surface area contributed by atoms with Crippen LogP contribution in [0.5, 0.6) is 5.75 Å². The first-order valence-electron chi connectivity index (χ1n) is 10.1. The highest BCUT2D eigenvalue weighted by Gasteiger charge is 2.22. The van der Waals surface area contributed by atoms with E-state index in [1.54, 1.807) is 32.4 Å². The Balaban J connectivity index is 0.00000184. The fraction of sp³-hybridized carbons (Fsp3) is 0.545. The number of fused-ring (bicyclic) bond motifs is 1. The number of carbonyl (C=O) groups is 1. The summed E-state index contributed by atoms with van der Waals surface area (Å²) in [5.41, 5.74) is 0.374. The minimum Gasteiger partial charge on any atom is -0.495 e. The number of hydrogen-bond acceptors (Lipinski definition) is 5. The van der Waals surface area contributed by atoms with Crippen LogP contribution in [0.1, 0.15) is 64.9 Å². The lowest BCUT2D eigenvalue weighted by atomic mass is 10.0. The molecule has 0 radical (unpaired) electrons. The largest absolute Gasteiger partial charge is 0.495 e. The molecule has 1 unspecified atom stereocenters. The quantitative estimate of drug-likeness (QED) is 0.393. The number of halogens is 1. The third kappa shape index (κ3) is 6.51. The molecule has 2 rings (SSSR count). The third-order valence-corrected chi connectivity index (χ3v) is 5.11. The summed E-state index contributed by atoms with van der Waals surface area (Å²) in [6.07, 6.45) is 1.58. The molecule has 7 heteroatoms. The van der Waals surface area contributed by atoms with Gasteiger partial charge in [-0.15, -0.1) is 0 Å². The van der Waals surface area contributed by atoms with Crippen molar-refractivity contribution in [2.45, 2.75) is 54.5 Å². The van der Waals surface area contributed by atoms with Crippen molar-refractivity contribution in [1.82, 2.24) is 4.57 Å². The smallest absolute Gasteiger partial charge is 0.343 e. The number of aromatic nitrogens is 1. The van der Waals surface area contributed by atoms with Gasteiger partial charge in [0.25, 0.3) is 0 Å². The van der Waals surface area contributed by atoms with E-state index < -0.39 is 5.97 Å². The van der Waals surface area contributed by atoms with Gasteiger partial charge < -0.3 is 14.0 Å². The number of ether oxygens (including phenoxy) is 2. The summed E-state index contributed by atoms with van der Waals surface area (Å²) in [6, 6.07) is 3.49. The van der Waals surface area contributed by atoms with Crippen LogP contribution in [0.4, 0.5) is 0 Å². The number of pyridine rings is 1. The predicted octanol–water partition coefficient (Wildman–Crippen LogP) is 6.13. The highest BCUT2D eigenvalue weighted by molar-refractivity contribution is 9.10. The van der Waals surface area contributed by atoms with E-state index in [1.807, 2.05) is 32.3 Å². The molecule has 0 saturated heterocycles. The first-order valence-corrected chi connectivity index (χ1v) is 11.5. The zero-order chi connectivity index (χ0) is 22.7. The lowest BCUT2D eigenvalue weighted by molar-refractivity contribution is 0.0524. The van der Waals surface area contributed by atoms with Gasteiger partial charge in [0.2, 0.25) is 5.43 Å². The van der Waals surface area contributed by atoms with Crippen molar-refractivity contribution in [3.05, 3.63) is 38.6 Å². The molecule has 0 spiro atoms. The second-order valence-corrected chi connectivity index (χ2v) is 7.22. The Kier molecular flexibility index (Phi) is 13.0. The van der Waals surface area contributed by atoms with Crippen LogP contribution in [0.2, 0.25) is 0 Å². The van der Waals surface area contributed by atoms with Crippen molar-refractivity contribution in [2.75, 3.05) is 19.5 Å². The van der Waals surface area contributed by atoms with Gasteiger partial charge in [0.15, 0.2) is 0 Å². The normalized spacial score (nSPS) is 11.1. The number of hydrogen-bond donors (Lipinski definition) is 1. The highest BCUT2D eigenvalue weighted by atomic mass is 79.9. The molecule has 164 valence electrons. The standard InChI is InChI=1S/C18H22BrNO4S.2C2H6/c1-5-24-18(22)12-8-20(15(9-25)10(2)3)14-7-16(23-4)13(19)6-11(14)17(12)21;2*1-2/h6-8,10,15,25H,5,9H2,1-4H3;2*1-2H3. The van der Waals surface area contributed by atoms with Crippen LogP contribution >= 0.6 is 28.6 Å². The molecule has 0 N–H and O–H groups in total. The van der Waals surface area contributed by atoms with E-state index >= 15 is 0 Å². The summed E-state index contributed by atoms with van der Waals surface area (Å²) >= 11 is 7.87. The average molecular weight is 488 g/mol. The molecule has 1 aromatic heterocycles. The van der Waals surface area contributed by atoms with Gasteiger partial charge in [0.05, 0.1) is 23.7 Å². The highest BCUT2D eigenvalue weighted by Crippen LogP contribution is 2.32. The van der Waals surface area contributed by atoms with Crippen molar-refractivity contribution in [3.8, 4) is 5.75 Å². The zero-order valence-corrected chi connectivity index (χ0v) is 21.2. The SMILES string of the molecule is CC.CC.CCOC(=O)c1cn(C(CS)C(C)C)c2cc(OC)c(Br)cc2c1=O. The second-order valence-electron chi connectivity index (χ2n) is 6.00. The Morgan fingerprint density at radius 2 is 1.79 bits per heavy atom. The van der Waals surface area contributed by atoms with Crippen molar-refractivity contribution in [3.63, 3.8) is 0 Å². The molecule has 29 heavy (non-hydrogen) atoms. The van der Waals surface area contributed by atoms with Crippen LogP contribution in [0, 0.1) is 5.92 Å². The molecule has 1 atom stereocenters. The monoisotopic (exact) mass is 487 g/mol. The maximum atomic E-state index is 12.8. The van der Waals surface area contributed by atoms with Gasteiger partial charge in [-0.05, 0) is 34.8 Å². The molecular weight excluding hydrogens is 454 g/mol. The van der Waals surface area contributed by atoms with E-state index in [0.717, 1.165) is 0 Å². The van der Waals surface area contributed by atoms with Gasteiger partial charge >= 0.3 is 5.97 Å². The number of methoxy groups -OCH3 is 1. The van der Waals surface area contributed by atoms with Gasteiger partial charge in [-0.25, -0.2) is 4.79 Å². The summed E-state index contributed by atoms with van der Waals surface area (Å²) < 4.78 is 13.0. The van der Waals surface area contributed by atoms with E-state index in [2.05, 4.69) is 42.4 Å². The van der Waals surface area contributed by atoms with E-state index in [0.29, 0.717) is 26.9 Å². The van der Waals surface area contributed by atoms with Gasteiger partial charge in [0, 0.05) is 29.4 Å². The van der Waals surface area contributed by atoms with E-state index in [9.17, 15) is 9.59 Å². The number of esters is 1. The summed E-state index contributed by atoms with van der Waals surface area (Å²) in [5.74, 6) is 0.826. The van der Waals surface area contributed by atoms with Crippen LogP contribution in [0.25, 0.3) is 10.9 Å². The third-order valence-electron chi connectivity index (χ3n) is 4.11. The lowest BCUT2D eigenvalue weighted by Gasteiger charge is -2.25. The van der Waals surface area contributed by atoms with E-state index in [-0.39, 0.29) is 29.6 Å². The minimum absolute atomic E-state index is 0.00508. The van der Waals surface area contributed by atoms with E-state index in [1.165, 1.54) is 0 Å². The van der Waals surface area contributed by atoms with Crippen molar-refractivity contribution < 1.29 is 14.3 Å². The summed E-state index contributed by atoms with van der Waals surface area (Å²) in [7, 11) is 1.57. The lowest BCUT2D eigenvalue weighted by Crippen LogP contribution is -2.25. The minimum atomic E-state index is -0.614. The number of rotatable bonds is 6. The first kappa shape index (κ1) is 27.5. The molecule has 0 bridgehead atoms. The van der Waals surface area contributed by atoms with Crippen LogP contribution in [0.15, 0.2) is 27.6 Å². The second kappa shape index (κ2) is 13.7. The molecule has 0 aliphatic rings. The fourth-order valence-corrected chi connectivity index (χ4v) is 3.86. The number of nitrogens with zero attached hydrogens (tertiary/aromatic N) is 1. The van der Waals surface area contributed by atoms with Crippen LogP contribution in [0.3, 0.4) is 0 Å². The topological polar surface area (TPSA) is 57.5 Å². The van der Waals surface area contributed by atoms with Crippen molar-refractivity contribution in [1.29, 1.82) is 0 Å². The molecule has 1 heterocycles. The predicted molar refractivity (Wildman–Crippen MR) is 129 cm³/mol. The Hall–Kier alpha value is -1.47. The Labute approximate surface area is 188 Å². The van der Waals surface area contributed by atoms with Gasteiger partial charge in [0.1, 0.15) is 11.3 Å². The summed E-state index contributed by atoms with van der Waals surface area (Å²) in [4.78, 5) is 25.1. The molecule has 0 saturated carbocycles. The molecule has 0 fully saturated rings. The molecule has 1 aromatic carbocycles. The van der Waals surface area contributed by atoms with Gasteiger partial charge in [-0.3, -0.25) is 4.79 Å². The van der Waals surface area contributed by atoms with Crippen LogP contribution in [-0.2, 0) is 4.74 Å². The Morgan fingerprint density at radius 3 is 2.24 bits per heavy atom. The molecule has 5 nitrogen and oxygen atoms in total. The average Bonchev–Trinajstić information content (AvgIpc) is 2.72. The van der Waals surface area contributed by atoms with Gasteiger partial charge in [-0.2, -0.15) is 12.6 Å². The fourth-order valence-electron chi connectivity index (χ4n) is 2.76. The molecule has 2 aromatic rings. The van der Waals surface area contributed by atoms with Crippen molar-refractivity contribution in [2.24, 2.45) is 5.92 Å². The number of carbonyl (C=O) groups excluding carboxylic acids is 1. The Bertz CT molecular complexity index is 849. The summed E-state index contributed by atoms with van der Waals surface area (Å²) in [6.45, 7) is 14.1. The molecule has 0 aliphatic carbocycles. The van der Waals surface area contributed by atoms with Gasteiger partial charge in [-0.1, -0.05) is 41.5 Å². The first-order chi connectivity index (χ1) is 13.8. The van der Waals surface area contributed by atoms with Crippen LogP contribution < -0.4 is 10.2 Å². The number of thiol groups is 1.